The highest BCUT2D eigenvalue weighted by atomic mass is 16.1. The molecule has 0 unspecified atom stereocenters. The normalized spacial score (nSPS) is 10.9. The summed E-state index contributed by atoms with van der Waals surface area (Å²) in [6.45, 7) is 1.91. The summed E-state index contributed by atoms with van der Waals surface area (Å²) in [5.41, 5.74) is 10.4. The van der Waals surface area contributed by atoms with Crippen LogP contribution in [0.5, 0.6) is 0 Å². The van der Waals surface area contributed by atoms with Crippen LogP contribution in [-0.4, -0.2) is 20.7 Å². The van der Waals surface area contributed by atoms with E-state index in [4.69, 9.17) is 10.7 Å². The molecule has 6 heteroatoms. The molecule has 0 aliphatic heterocycles. The average Bonchev–Trinajstić information content (AvgIpc) is 3.06. The Bertz CT molecular complexity index is 1150. The molecule has 1 amide bonds. The number of anilines is 2. The summed E-state index contributed by atoms with van der Waals surface area (Å²) >= 11 is 0. The number of nitrogens with zero attached hydrogens (tertiary/aromatic N) is 3. The first-order valence-corrected chi connectivity index (χ1v) is 8.59. The number of carbonyl (C=O) groups excluding carboxylic acids is 1. The first-order chi connectivity index (χ1) is 13.0. The van der Waals surface area contributed by atoms with Gasteiger partial charge in [-0.15, -0.1) is 0 Å². The summed E-state index contributed by atoms with van der Waals surface area (Å²) in [6.07, 6.45) is 1.78. The van der Waals surface area contributed by atoms with E-state index in [0.717, 1.165) is 27.7 Å². The van der Waals surface area contributed by atoms with Crippen molar-refractivity contribution in [2.24, 2.45) is 7.05 Å². The number of fused-ring (bicyclic) bond motifs is 1. The summed E-state index contributed by atoms with van der Waals surface area (Å²) in [7, 11) is 1.80. The third kappa shape index (κ3) is 3.13. The van der Waals surface area contributed by atoms with Gasteiger partial charge in [0.2, 0.25) is 0 Å². The molecule has 4 aromatic rings. The lowest BCUT2D eigenvalue weighted by Crippen LogP contribution is -2.16. The van der Waals surface area contributed by atoms with Gasteiger partial charge in [0.1, 0.15) is 0 Å². The van der Waals surface area contributed by atoms with E-state index in [1.54, 1.807) is 36.1 Å². The molecule has 0 aliphatic rings. The Kier molecular flexibility index (Phi) is 4.08. The van der Waals surface area contributed by atoms with Crippen LogP contribution < -0.4 is 11.1 Å². The Hall–Kier alpha value is -3.67. The minimum absolute atomic E-state index is 0.235. The van der Waals surface area contributed by atoms with Crippen LogP contribution in [0.15, 0.2) is 60.8 Å². The Morgan fingerprint density at radius 1 is 1.11 bits per heavy atom. The Balaban J connectivity index is 1.92. The molecule has 0 aliphatic carbocycles. The number of carbonyl (C=O) groups is 1. The highest BCUT2D eigenvalue weighted by Crippen LogP contribution is 2.31. The Morgan fingerprint density at radius 2 is 1.89 bits per heavy atom. The van der Waals surface area contributed by atoms with Crippen molar-refractivity contribution in [1.82, 2.24) is 14.8 Å². The Morgan fingerprint density at radius 3 is 2.59 bits per heavy atom. The van der Waals surface area contributed by atoms with E-state index in [1.165, 1.54) is 0 Å². The van der Waals surface area contributed by atoms with Crippen molar-refractivity contribution >= 4 is 28.3 Å². The molecule has 0 saturated heterocycles. The maximum absolute atomic E-state index is 13.1. The van der Waals surface area contributed by atoms with Gasteiger partial charge in [0.05, 0.1) is 16.8 Å². The maximum atomic E-state index is 13.1. The number of nitrogen functional groups attached to an aromatic ring is 1. The zero-order valence-electron chi connectivity index (χ0n) is 15.1. The molecule has 27 heavy (non-hydrogen) atoms. The van der Waals surface area contributed by atoms with Crippen molar-refractivity contribution in [3.8, 4) is 11.3 Å². The lowest BCUT2D eigenvalue weighted by atomic mass is 9.97. The third-order valence-electron chi connectivity index (χ3n) is 4.48. The molecule has 0 fully saturated rings. The highest BCUT2D eigenvalue weighted by Gasteiger charge is 2.20. The second-order valence-electron chi connectivity index (χ2n) is 6.43. The fraction of sp³-hybridized carbons (Fsp3) is 0.0952. The zero-order valence-corrected chi connectivity index (χ0v) is 15.1. The molecule has 2 aromatic heterocycles. The molecule has 0 spiro atoms. The average molecular weight is 357 g/mol. The van der Waals surface area contributed by atoms with Crippen molar-refractivity contribution in [3.05, 3.63) is 71.9 Å². The fourth-order valence-corrected chi connectivity index (χ4v) is 3.21. The Labute approximate surface area is 156 Å². The first-order valence-electron chi connectivity index (χ1n) is 8.59. The van der Waals surface area contributed by atoms with Gasteiger partial charge in [-0.25, -0.2) is 4.98 Å². The first kappa shape index (κ1) is 16.8. The van der Waals surface area contributed by atoms with Crippen molar-refractivity contribution in [3.63, 3.8) is 0 Å². The van der Waals surface area contributed by atoms with Gasteiger partial charge >= 0.3 is 0 Å². The second kappa shape index (κ2) is 6.57. The SMILES string of the molecule is Cc1c(-c2ccccc2)nc2ccc(N)cc2c1C(=O)Nc1ccn(C)n1. The second-order valence-corrected chi connectivity index (χ2v) is 6.43. The number of rotatable bonds is 3. The lowest BCUT2D eigenvalue weighted by molar-refractivity contribution is 0.102. The van der Waals surface area contributed by atoms with E-state index < -0.39 is 0 Å². The summed E-state index contributed by atoms with van der Waals surface area (Å²) in [6, 6.07) is 17.0. The smallest absolute Gasteiger partial charge is 0.257 e. The molecule has 0 saturated carbocycles. The zero-order chi connectivity index (χ0) is 19.0. The van der Waals surface area contributed by atoms with E-state index >= 15 is 0 Å². The summed E-state index contributed by atoms with van der Waals surface area (Å²) in [4.78, 5) is 17.9. The van der Waals surface area contributed by atoms with E-state index in [2.05, 4.69) is 10.4 Å². The number of hydrogen-bond donors (Lipinski definition) is 2. The minimum atomic E-state index is -0.235. The number of nitrogens with one attached hydrogen (secondary N) is 1. The number of aryl methyl sites for hydroxylation is 1. The van der Waals surface area contributed by atoms with Gasteiger partial charge < -0.3 is 11.1 Å². The molecule has 0 atom stereocenters. The molecule has 2 heterocycles. The number of aromatic nitrogens is 3. The van der Waals surface area contributed by atoms with Crippen molar-refractivity contribution in [2.75, 3.05) is 11.1 Å². The van der Waals surface area contributed by atoms with Crippen LogP contribution in [0.2, 0.25) is 0 Å². The highest BCUT2D eigenvalue weighted by molar-refractivity contribution is 6.14. The predicted octanol–water partition coefficient (Wildman–Crippen LogP) is 3.78. The third-order valence-corrected chi connectivity index (χ3v) is 4.48. The van der Waals surface area contributed by atoms with Crippen molar-refractivity contribution in [1.29, 1.82) is 0 Å². The van der Waals surface area contributed by atoms with Crippen LogP contribution >= 0.6 is 0 Å². The van der Waals surface area contributed by atoms with Gasteiger partial charge in [-0.05, 0) is 30.7 Å². The van der Waals surface area contributed by atoms with Gasteiger partial charge in [0.25, 0.3) is 5.91 Å². The monoisotopic (exact) mass is 357 g/mol. The number of benzene rings is 2. The lowest BCUT2D eigenvalue weighted by Gasteiger charge is -2.14. The molecular weight excluding hydrogens is 338 g/mol. The van der Waals surface area contributed by atoms with Crippen LogP contribution in [0.25, 0.3) is 22.2 Å². The molecular formula is C21H19N5O. The van der Waals surface area contributed by atoms with Gasteiger partial charge in [0, 0.05) is 35.9 Å². The number of nitrogens with two attached hydrogens (primary N) is 1. The van der Waals surface area contributed by atoms with E-state index in [1.807, 2.05) is 43.3 Å². The van der Waals surface area contributed by atoms with Crippen LogP contribution in [0.4, 0.5) is 11.5 Å². The van der Waals surface area contributed by atoms with E-state index in [0.29, 0.717) is 17.1 Å². The number of hydrogen-bond acceptors (Lipinski definition) is 4. The molecule has 134 valence electrons. The van der Waals surface area contributed by atoms with Gasteiger partial charge in [0.15, 0.2) is 5.82 Å². The van der Waals surface area contributed by atoms with Crippen LogP contribution in [0, 0.1) is 6.92 Å². The van der Waals surface area contributed by atoms with Crippen molar-refractivity contribution < 1.29 is 4.79 Å². The van der Waals surface area contributed by atoms with Crippen LogP contribution in [0.1, 0.15) is 15.9 Å². The largest absolute Gasteiger partial charge is 0.399 e. The van der Waals surface area contributed by atoms with Gasteiger partial charge in [-0.2, -0.15) is 5.10 Å². The molecule has 0 radical (unpaired) electrons. The maximum Gasteiger partial charge on any atom is 0.257 e. The molecule has 4 rings (SSSR count). The number of amides is 1. The minimum Gasteiger partial charge on any atom is -0.399 e. The predicted molar refractivity (Wildman–Crippen MR) is 107 cm³/mol. The summed E-state index contributed by atoms with van der Waals surface area (Å²) in [5, 5.41) is 7.82. The van der Waals surface area contributed by atoms with E-state index in [9.17, 15) is 4.79 Å². The number of pyridine rings is 1. The fourth-order valence-electron chi connectivity index (χ4n) is 3.21. The molecule has 3 N–H and O–H groups in total. The van der Waals surface area contributed by atoms with E-state index in [-0.39, 0.29) is 5.91 Å². The standard InChI is InChI=1S/C21H19N5O/c1-13-19(21(27)24-18-10-11-26(2)25-18)16-12-15(22)8-9-17(16)23-20(13)14-6-4-3-5-7-14/h3-12H,22H2,1-2H3,(H,24,25,27). The van der Waals surface area contributed by atoms with Gasteiger partial charge in [-0.3, -0.25) is 9.48 Å². The van der Waals surface area contributed by atoms with Crippen molar-refractivity contribution in [2.45, 2.75) is 6.92 Å². The molecule has 0 bridgehead atoms. The molecule has 6 nitrogen and oxygen atoms in total. The van der Waals surface area contributed by atoms with Crippen LogP contribution in [0.3, 0.4) is 0 Å². The summed E-state index contributed by atoms with van der Waals surface area (Å²) in [5.74, 6) is 0.262. The molecule has 2 aromatic carbocycles. The van der Waals surface area contributed by atoms with Gasteiger partial charge in [-0.1, -0.05) is 30.3 Å². The topological polar surface area (TPSA) is 85.8 Å². The van der Waals surface area contributed by atoms with Crippen LogP contribution in [-0.2, 0) is 7.05 Å². The summed E-state index contributed by atoms with van der Waals surface area (Å²) < 4.78 is 1.64. The quantitative estimate of drug-likeness (QED) is 0.546.